The average Bonchev–Trinajstić information content (AvgIpc) is 3.28. The van der Waals surface area contributed by atoms with Gasteiger partial charge in [-0.25, -0.2) is 0 Å². The monoisotopic (exact) mass is 313 g/mol. The predicted molar refractivity (Wildman–Crippen MR) is 83.8 cm³/mol. The number of hydrogen-bond acceptors (Lipinski definition) is 4. The lowest BCUT2D eigenvalue weighted by Crippen LogP contribution is -2.28. The lowest BCUT2D eigenvalue weighted by Gasteiger charge is -2.14. The number of carbonyl (C=O) groups is 1. The SMILES string of the molecule is CCn1nccc1C(C)NC(=O)c1ccc(Cn2cccn2)o1. The van der Waals surface area contributed by atoms with Crippen molar-refractivity contribution in [3.8, 4) is 0 Å². The van der Waals surface area contributed by atoms with Crippen molar-refractivity contribution in [3.05, 3.63) is 60.1 Å². The molecule has 0 spiro atoms. The van der Waals surface area contributed by atoms with Crippen molar-refractivity contribution in [1.29, 1.82) is 0 Å². The molecule has 1 N–H and O–H groups in total. The number of rotatable bonds is 6. The highest BCUT2D eigenvalue weighted by Crippen LogP contribution is 2.14. The van der Waals surface area contributed by atoms with Crippen molar-refractivity contribution in [2.75, 3.05) is 0 Å². The smallest absolute Gasteiger partial charge is 0.287 e. The molecule has 0 fully saturated rings. The number of nitrogens with zero attached hydrogens (tertiary/aromatic N) is 4. The minimum absolute atomic E-state index is 0.149. The van der Waals surface area contributed by atoms with Crippen LogP contribution in [0.2, 0.25) is 0 Å². The van der Waals surface area contributed by atoms with Crippen LogP contribution in [0.4, 0.5) is 0 Å². The van der Waals surface area contributed by atoms with E-state index in [1.807, 2.05) is 36.9 Å². The zero-order valence-corrected chi connectivity index (χ0v) is 13.1. The molecule has 3 heterocycles. The molecule has 3 aromatic heterocycles. The number of aryl methyl sites for hydroxylation is 1. The Morgan fingerprint density at radius 2 is 2.17 bits per heavy atom. The summed E-state index contributed by atoms with van der Waals surface area (Å²) in [5.41, 5.74) is 0.962. The number of nitrogens with one attached hydrogen (secondary N) is 1. The van der Waals surface area contributed by atoms with Gasteiger partial charge in [0.05, 0.1) is 18.3 Å². The van der Waals surface area contributed by atoms with Crippen molar-refractivity contribution in [1.82, 2.24) is 24.9 Å². The average molecular weight is 313 g/mol. The molecule has 23 heavy (non-hydrogen) atoms. The van der Waals surface area contributed by atoms with E-state index in [4.69, 9.17) is 4.42 Å². The first-order valence-electron chi connectivity index (χ1n) is 7.56. The van der Waals surface area contributed by atoms with Crippen LogP contribution in [-0.4, -0.2) is 25.5 Å². The van der Waals surface area contributed by atoms with Crippen LogP contribution < -0.4 is 5.32 Å². The van der Waals surface area contributed by atoms with Crippen molar-refractivity contribution < 1.29 is 9.21 Å². The number of aromatic nitrogens is 4. The van der Waals surface area contributed by atoms with Crippen LogP contribution in [0, 0.1) is 0 Å². The maximum Gasteiger partial charge on any atom is 0.287 e. The molecule has 0 aliphatic heterocycles. The maximum absolute atomic E-state index is 12.3. The standard InChI is InChI=1S/C16H19N5O2/c1-3-21-14(7-9-18-21)12(2)19-16(22)15-6-5-13(23-15)11-20-10-4-8-17-20/h4-10,12H,3,11H2,1-2H3,(H,19,22). The zero-order chi connectivity index (χ0) is 16.2. The molecule has 0 saturated heterocycles. The second-order valence-corrected chi connectivity index (χ2v) is 5.24. The van der Waals surface area contributed by atoms with Gasteiger partial charge in [-0.1, -0.05) is 0 Å². The Balaban J connectivity index is 1.65. The summed E-state index contributed by atoms with van der Waals surface area (Å²) in [6, 6.07) is 7.06. The molecule has 3 aromatic rings. The van der Waals surface area contributed by atoms with Crippen molar-refractivity contribution >= 4 is 5.91 Å². The molecule has 3 rings (SSSR count). The maximum atomic E-state index is 12.3. The van der Waals surface area contributed by atoms with E-state index in [1.54, 1.807) is 29.2 Å². The Bertz CT molecular complexity index is 772. The zero-order valence-electron chi connectivity index (χ0n) is 13.1. The van der Waals surface area contributed by atoms with E-state index in [1.165, 1.54) is 0 Å². The van der Waals surface area contributed by atoms with Crippen molar-refractivity contribution in [2.24, 2.45) is 0 Å². The number of furan rings is 1. The van der Waals surface area contributed by atoms with E-state index in [2.05, 4.69) is 15.5 Å². The van der Waals surface area contributed by atoms with E-state index in [0.29, 0.717) is 18.1 Å². The first kappa shape index (κ1) is 15.1. The molecule has 0 aliphatic rings. The van der Waals surface area contributed by atoms with Crippen LogP contribution in [0.15, 0.2) is 47.3 Å². The predicted octanol–water partition coefficient (Wildman–Crippen LogP) is 2.23. The van der Waals surface area contributed by atoms with Crippen LogP contribution in [0.3, 0.4) is 0 Å². The fourth-order valence-corrected chi connectivity index (χ4v) is 2.46. The van der Waals surface area contributed by atoms with Gasteiger partial charge < -0.3 is 9.73 Å². The van der Waals surface area contributed by atoms with Gasteiger partial charge in [-0.05, 0) is 38.1 Å². The second kappa shape index (κ2) is 6.51. The molecule has 0 saturated carbocycles. The highest BCUT2D eigenvalue weighted by molar-refractivity contribution is 5.91. The molecule has 7 nitrogen and oxygen atoms in total. The molecule has 1 unspecified atom stereocenters. The summed E-state index contributed by atoms with van der Waals surface area (Å²) in [6.45, 7) is 5.20. The number of amides is 1. The van der Waals surface area contributed by atoms with Crippen LogP contribution in [0.1, 0.15) is 41.9 Å². The topological polar surface area (TPSA) is 77.9 Å². The minimum Gasteiger partial charge on any atom is -0.454 e. The Morgan fingerprint density at radius 1 is 1.30 bits per heavy atom. The highest BCUT2D eigenvalue weighted by atomic mass is 16.4. The minimum atomic E-state index is -0.243. The summed E-state index contributed by atoms with van der Waals surface area (Å²) in [5.74, 6) is 0.736. The Hall–Kier alpha value is -2.83. The molecule has 120 valence electrons. The molecular weight excluding hydrogens is 294 g/mol. The fraction of sp³-hybridized carbons (Fsp3) is 0.312. The van der Waals surface area contributed by atoms with Gasteiger partial charge in [0.1, 0.15) is 5.76 Å². The van der Waals surface area contributed by atoms with Crippen LogP contribution in [0.25, 0.3) is 0 Å². The van der Waals surface area contributed by atoms with Gasteiger partial charge in [0, 0.05) is 25.1 Å². The quantitative estimate of drug-likeness (QED) is 0.757. The highest BCUT2D eigenvalue weighted by Gasteiger charge is 2.17. The van der Waals surface area contributed by atoms with Crippen LogP contribution >= 0.6 is 0 Å². The largest absolute Gasteiger partial charge is 0.454 e. The lowest BCUT2D eigenvalue weighted by molar-refractivity contribution is 0.0908. The van der Waals surface area contributed by atoms with Crippen LogP contribution in [-0.2, 0) is 13.1 Å². The molecule has 1 amide bonds. The third kappa shape index (κ3) is 3.33. The summed E-state index contributed by atoms with van der Waals surface area (Å²) in [4.78, 5) is 12.3. The van der Waals surface area contributed by atoms with Gasteiger partial charge in [0.25, 0.3) is 5.91 Å². The van der Waals surface area contributed by atoms with Gasteiger partial charge in [0.15, 0.2) is 5.76 Å². The molecule has 0 radical (unpaired) electrons. The van der Waals surface area contributed by atoms with E-state index in [9.17, 15) is 4.79 Å². The summed E-state index contributed by atoms with van der Waals surface area (Å²) in [7, 11) is 0. The first-order valence-corrected chi connectivity index (χ1v) is 7.56. The molecule has 7 heteroatoms. The van der Waals surface area contributed by atoms with Crippen molar-refractivity contribution in [3.63, 3.8) is 0 Å². The van der Waals surface area contributed by atoms with E-state index in [-0.39, 0.29) is 11.9 Å². The third-order valence-electron chi connectivity index (χ3n) is 3.60. The molecule has 0 aliphatic carbocycles. The number of hydrogen-bond donors (Lipinski definition) is 1. The summed E-state index contributed by atoms with van der Waals surface area (Å²) in [5, 5.41) is 11.3. The van der Waals surface area contributed by atoms with Gasteiger partial charge in [-0.3, -0.25) is 14.2 Å². The Labute approximate surface area is 133 Å². The van der Waals surface area contributed by atoms with Gasteiger partial charge in [-0.2, -0.15) is 10.2 Å². The summed E-state index contributed by atoms with van der Waals surface area (Å²) >= 11 is 0. The normalized spacial score (nSPS) is 12.3. The van der Waals surface area contributed by atoms with E-state index < -0.39 is 0 Å². The molecular formula is C16H19N5O2. The van der Waals surface area contributed by atoms with Gasteiger partial charge in [-0.15, -0.1) is 0 Å². The summed E-state index contributed by atoms with van der Waals surface area (Å²) in [6.07, 6.45) is 5.28. The molecule has 1 atom stereocenters. The molecule has 0 bridgehead atoms. The van der Waals surface area contributed by atoms with Crippen molar-refractivity contribution in [2.45, 2.75) is 33.0 Å². The molecule has 0 aromatic carbocycles. The summed E-state index contributed by atoms with van der Waals surface area (Å²) < 4.78 is 9.19. The first-order chi connectivity index (χ1) is 11.2. The lowest BCUT2D eigenvalue weighted by atomic mass is 10.2. The van der Waals surface area contributed by atoms with Gasteiger partial charge >= 0.3 is 0 Å². The second-order valence-electron chi connectivity index (χ2n) is 5.24. The fourth-order valence-electron chi connectivity index (χ4n) is 2.46. The van der Waals surface area contributed by atoms with Gasteiger partial charge in [0.2, 0.25) is 0 Å². The Morgan fingerprint density at radius 3 is 2.91 bits per heavy atom. The Kier molecular flexibility index (Phi) is 4.27. The van der Waals surface area contributed by atoms with Crippen LogP contribution in [0.5, 0.6) is 0 Å². The third-order valence-corrected chi connectivity index (χ3v) is 3.60. The van der Waals surface area contributed by atoms with E-state index >= 15 is 0 Å². The number of carbonyl (C=O) groups excluding carboxylic acids is 1. The van der Waals surface area contributed by atoms with E-state index in [0.717, 1.165) is 12.2 Å².